The SMILES string of the molecule is CNC(=O)C1CC(CC(C)C)CCN1. The van der Waals surface area contributed by atoms with Crippen LogP contribution >= 0.6 is 0 Å². The average Bonchev–Trinajstić information content (AvgIpc) is 2.16. The number of nitrogens with one attached hydrogen (secondary N) is 2. The van der Waals surface area contributed by atoms with E-state index in [1.165, 1.54) is 12.8 Å². The molecule has 0 radical (unpaired) electrons. The van der Waals surface area contributed by atoms with Crippen molar-refractivity contribution in [2.75, 3.05) is 13.6 Å². The van der Waals surface area contributed by atoms with E-state index in [0.29, 0.717) is 0 Å². The van der Waals surface area contributed by atoms with Crippen LogP contribution in [0, 0.1) is 11.8 Å². The van der Waals surface area contributed by atoms with E-state index in [0.717, 1.165) is 24.8 Å². The highest BCUT2D eigenvalue weighted by Gasteiger charge is 2.26. The molecule has 1 fully saturated rings. The van der Waals surface area contributed by atoms with Crippen molar-refractivity contribution in [2.45, 2.75) is 39.2 Å². The normalized spacial score (nSPS) is 27.7. The van der Waals surface area contributed by atoms with Crippen LogP contribution in [0.1, 0.15) is 33.1 Å². The quantitative estimate of drug-likeness (QED) is 0.714. The molecule has 1 aliphatic rings. The lowest BCUT2D eigenvalue weighted by Gasteiger charge is -2.30. The molecule has 3 heteroatoms. The smallest absolute Gasteiger partial charge is 0.236 e. The van der Waals surface area contributed by atoms with Crippen molar-refractivity contribution >= 4 is 5.91 Å². The second-order valence-corrected chi connectivity index (χ2v) is 4.64. The van der Waals surface area contributed by atoms with Gasteiger partial charge in [-0.15, -0.1) is 0 Å². The molecule has 1 saturated heterocycles. The Morgan fingerprint density at radius 1 is 1.57 bits per heavy atom. The number of hydrogen-bond acceptors (Lipinski definition) is 2. The van der Waals surface area contributed by atoms with Crippen LogP contribution in [-0.2, 0) is 4.79 Å². The lowest BCUT2D eigenvalue weighted by atomic mass is 9.85. The summed E-state index contributed by atoms with van der Waals surface area (Å²) < 4.78 is 0. The molecule has 0 aromatic rings. The first-order valence-corrected chi connectivity index (χ1v) is 5.58. The van der Waals surface area contributed by atoms with Gasteiger partial charge in [0.2, 0.25) is 5.91 Å². The molecule has 2 atom stereocenters. The maximum Gasteiger partial charge on any atom is 0.236 e. The zero-order valence-electron chi connectivity index (χ0n) is 9.47. The summed E-state index contributed by atoms with van der Waals surface area (Å²) in [6.45, 7) is 5.48. The van der Waals surface area contributed by atoms with Crippen LogP contribution in [-0.4, -0.2) is 25.5 Å². The second kappa shape index (κ2) is 5.35. The van der Waals surface area contributed by atoms with E-state index < -0.39 is 0 Å². The van der Waals surface area contributed by atoms with Crippen molar-refractivity contribution in [3.8, 4) is 0 Å². The molecule has 2 N–H and O–H groups in total. The van der Waals surface area contributed by atoms with Gasteiger partial charge in [-0.1, -0.05) is 13.8 Å². The Bertz CT molecular complexity index is 192. The molecule has 1 amide bonds. The van der Waals surface area contributed by atoms with Crippen molar-refractivity contribution in [3.63, 3.8) is 0 Å². The van der Waals surface area contributed by atoms with Crippen molar-refractivity contribution < 1.29 is 4.79 Å². The highest BCUT2D eigenvalue weighted by atomic mass is 16.2. The van der Waals surface area contributed by atoms with Gasteiger partial charge in [0, 0.05) is 7.05 Å². The van der Waals surface area contributed by atoms with Gasteiger partial charge in [0.1, 0.15) is 0 Å². The Balaban J connectivity index is 2.39. The van der Waals surface area contributed by atoms with Gasteiger partial charge in [-0.2, -0.15) is 0 Å². The van der Waals surface area contributed by atoms with E-state index in [4.69, 9.17) is 0 Å². The van der Waals surface area contributed by atoms with Crippen molar-refractivity contribution in [1.29, 1.82) is 0 Å². The lowest BCUT2D eigenvalue weighted by molar-refractivity contribution is -0.123. The molecule has 0 aromatic heterocycles. The summed E-state index contributed by atoms with van der Waals surface area (Å²) in [5.41, 5.74) is 0. The van der Waals surface area contributed by atoms with Crippen molar-refractivity contribution in [3.05, 3.63) is 0 Å². The van der Waals surface area contributed by atoms with Gasteiger partial charge in [0.05, 0.1) is 6.04 Å². The number of hydrogen-bond donors (Lipinski definition) is 2. The minimum Gasteiger partial charge on any atom is -0.358 e. The van der Waals surface area contributed by atoms with Gasteiger partial charge in [-0.25, -0.2) is 0 Å². The van der Waals surface area contributed by atoms with Gasteiger partial charge in [0.25, 0.3) is 0 Å². The standard InChI is InChI=1S/C11H22N2O/c1-8(2)6-9-4-5-13-10(7-9)11(14)12-3/h8-10,13H,4-7H2,1-3H3,(H,12,14). The molecule has 1 aliphatic heterocycles. The highest BCUT2D eigenvalue weighted by Crippen LogP contribution is 2.23. The van der Waals surface area contributed by atoms with Crippen LogP contribution < -0.4 is 10.6 Å². The summed E-state index contributed by atoms with van der Waals surface area (Å²) in [4.78, 5) is 11.4. The summed E-state index contributed by atoms with van der Waals surface area (Å²) in [5.74, 6) is 1.60. The Kier molecular flexibility index (Phi) is 4.39. The first-order chi connectivity index (χ1) is 6.63. The van der Waals surface area contributed by atoms with Gasteiger partial charge >= 0.3 is 0 Å². The van der Waals surface area contributed by atoms with Crippen LogP contribution in [0.15, 0.2) is 0 Å². The molecule has 3 nitrogen and oxygen atoms in total. The molecule has 1 heterocycles. The third-order valence-electron chi connectivity index (χ3n) is 2.88. The molecule has 82 valence electrons. The third-order valence-corrected chi connectivity index (χ3v) is 2.88. The van der Waals surface area contributed by atoms with Crippen LogP contribution in [0.25, 0.3) is 0 Å². The Morgan fingerprint density at radius 2 is 2.29 bits per heavy atom. The van der Waals surface area contributed by atoms with Crippen LogP contribution in [0.3, 0.4) is 0 Å². The highest BCUT2D eigenvalue weighted by molar-refractivity contribution is 5.81. The van der Waals surface area contributed by atoms with E-state index in [9.17, 15) is 4.79 Å². The zero-order chi connectivity index (χ0) is 10.6. The maximum atomic E-state index is 11.4. The predicted octanol–water partition coefficient (Wildman–Crippen LogP) is 1.15. The van der Waals surface area contributed by atoms with Crippen LogP contribution in [0.2, 0.25) is 0 Å². The minimum absolute atomic E-state index is 0.0394. The largest absolute Gasteiger partial charge is 0.358 e. The molecule has 0 aliphatic carbocycles. The van der Waals surface area contributed by atoms with Crippen LogP contribution in [0.4, 0.5) is 0 Å². The van der Waals surface area contributed by atoms with Gasteiger partial charge in [-0.3, -0.25) is 4.79 Å². The van der Waals surface area contributed by atoms with E-state index in [1.54, 1.807) is 7.05 Å². The minimum atomic E-state index is 0.0394. The van der Waals surface area contributed by atoms with Crippen molar-refractivity contribution in [2.24, 2.45) is 11.8 Å². The summed E-state index contributed by atoms with van der Waals surface area (Å²) in [6, 6.07) is 0.0394. The lowest BCUT2D eigenvalue weighted by Crippen LogP contribution is -2.47. The summed E-state index contributed by atoms with van der Waals surface area (Å²) in [6.07, 6.45) is 3.46. The predicted molar refractivity (Wildman–Crippen MR) is 58.0 cm³/mol. The summed E-state index contributed by atoms with van der Waals surface area (Å²) >= 11 is 0. The molecule has 0 spiro atoms. The Morgan fingerprint density at radius 3 is 2.86 bits per heavy atom. The number of likely N-dealkylation sites (N-methyl/N-ethyl adjacent to an activating group) is 1. The monoisotopic (exact) mass is 198 g/mol. The first-order valence-electron chi connectivity index (χ1n) is 5.58. The maximum absolute atomic E-state index is 11.4. The number of amides is 1. The number of rotatable bonds is 3. The Hall–Kier alpha value is -0.570. The van der Waals surface area contributed by atoms with E-state index in [2.05, 4.69) is 24.5 Å². The van der Waals surface area contributed by atoms with E-state index in [-0.39, 0.29) is 11.9 Å². The fourth-order valence-electron chi connectivity index (χ4n) is 2.25. The molecule has 0 aromatic carbocycles. The van der Waals surface area contributed by atoms with Crippen molar-refractivity contribution in [1.82, 2.24) is 10.6 Å². The topological polar surface area (TPSA) is 41.1 Å². The summed E-state index contributed by atoms with van der Waals surface area (Å²) in [5, 5.41) is 5.97. The fraction of sp³-hybridized carbons (Fsp3) is 0.909. The van der Waals surface area contributed by atoms with Gasteiger partial charge < -0.3 is 10.6 Å². The fourth-order valence-corrected chi connectivity index (χ4v) is 2.25. The molecular weight excluding hydrogens is 176 g/mol. The van der Waals surface area contributed by atoms with Crippen LogP contribution in [0.5, 0.6) is 0 Å². The number of piperidine rings is 1. The zero-order valence-corrected chi connectivity index (χ0v) is 9.47. The number of carbonyl (C=O) groups excluding carboxylic acids is 1. The Labute approximate surface area is 86.6 Å². The molecule has 14 heavy (non-hydrogen) atoms. The van der Waals surface area contributed by atoms with E-state index >= 15 is 0 Å². The van der Waals surface area contributed by atoms with Gasteiger partial charge in [-0.05, 0) is 37.6 Å². The molecule has 0 bridgehead atoms. The third kappa shape index (κ3) is 3.29. The molecule has 2 unspecified atom stereocenters. The molecule has 1 rings (SSSR count). The molecule has 0 saturated carbocycles. The summed E-state index contributed by atoms with van der Waals surface area (Å²) in [7, 11) is 1.70. The second-order valence-electron chi connectivity index (χ2n) is 4.64. The molecular formula is C11H22N2O. The van der Waals surface area contributed by atoms with E-state index in [1.807, 2.05) is 0 Å². The average molecular weight is 198 g/mol. The number of carbonyl (C=O) groups is 1. The van der Waals surface area contributed by atoms with Gasteiger partial charge in [0.15, 0.2) is 0 Å². The first kappa shape index (κ1) is 11.5.